The Bertz CT molecular complexity index is 1230. The zero-order chi connectivity index (χ0) is 23.0. The van der Waals surface area contributed by atoms with Crippen molar-refractivity contribution in [2.24, 2.45) is 0 Å². The first-order chi connectivity index (χ1) is 15.3. The van der Waals surface area contributed by atoms with Gasteiger partial charge in [0.25, 0.3) is 11.7 Å². The molecule has 7 nitrogen and oxygen atoms in total. The minimum Gasteiger partial charge on any atom is -0.505 e. The molecule has 1 saturated heterocycles. The predicted molar refractivity (Wildman–Crippen MR) is 124 cm³/mol. The number of aromatic nitrogens is 2. The van der Waals surface area contributed by atoms with Crippen molar-refractivity contribution in [1.82, 2.24) is 14.3 Å². The number of aliphatic hydroxyl groups excluding tert-OH is 1. The Hall–Kier alpha value is -2.97. The molecule has 2 aromatic heterocycles. The number of carbonyl (C=O) groups is 2. The van der Waals surface area contributed by atoms with Crippen LogP contribution in [0, 0.1) is 13.8 Å². The number of ketones is 1. The van der Waals surface area contributed by atoms with E-state index < -0.39 is 17.7 Å². The first-order valence-corrected chi connectivity index (χ1v) is 11.1. The summed E-state index contributed by atoms with van der Waals surface area (Å²) in [5, 5.41) is 11.3. The Morgan fingerprint density at radius 2 is 1.91 bits per heavy atom. The summed E-state index contributed by atoms with van der Waals surface area (Å²) < 4.78 is 7.87. The number of rotatable bonds is 6. The molecule has 1 fully saturated rings. The molecule has 0 bridgehead atoms. The zero-order valence-electron chi connectivity index (χ0n) is 18.1. The molecule has 1 aliphatic heterocycles. The molecule has 1 N–H and O–H groups in total. The molecule has 166 valence electrons. The molecule has 0 aliphatic carbocycles. The lowest BCUT2D eigenvalue weighted by molar-refractivity contribution is -0.140. The van der Waals surface area contributed by atoms with E-state index in [0.29, 0.717) is 36.6 Å². The van der Waals surface area contributed by atoms with Gasteiger partial charge in [-0.2, -0.15) is 0 Å². The molecule has 1 atom stereocenters. The van der Waals surface area contributed by atoms with Crippen LogP contribution in [0.1, 0.15) is 35.0 Å². The number of hydrogen-bond acceptors (Lipinski definition) is 5. The fraction of sp³-hybridized carbons (Fsp3) is 0.292. The topological polar surface area (TPSA) is 84.1 Å². The maximum absolute atomic E-state index is 13.1. The van der Waals surface area contributed by atoms with E-state index in [0.717, 1.165) is 15.6 Å². The van der Waals surface area contributed by atoms with Crippen LogP contribution < -0.4 is 0 Å². The highest BCUT2D eigenvalue weighted by Crippen LogP contribution is 2.40. The summed E-state index contributed by atoms with van der Waals surface area (Å²) in [6.07, 6.45) is 2.43. The van der Waals surface area contributed by atoms with Crippen molar-refractivity contribution in [2.75, 3.05) is 20.3 Å². The van der Waals surface area contributed by atoms with Crippen LogP contribution >= 0.6 is 15.9 Å². The van der Waals surface area contributed by atoms with E-state index in [1.165, 1.54) is 4.90 Å². The molecule has 1 unspecified atom stereocenters. The first-order valence-electron chi connectivity index (χ1n) is 10.3. The molecule has 0 saturated carbocycles. The largest absolute Gasteiger partial charge is 0.505 e. The smallest absolute Gasteiger partial charge is 0.295 e. The van der Waals surface area contributed by atoms with Gasteiger partial charge in [0.1, 0.15) is 11.3 Å². The van der Waals surface area contributed by atoms with Gasteiger partial charge in [0.05, 0.1) is 17.3 Å². The molecule has 0 spiro atoms. The molecule has 3 aromatic rings. The van der Waals surface area contributed by atoms with Crippen LogP contribution in [0.2, 0.25) is 0 Å². The van der Waals surface area contributed by atoms with Gasteiger partial charge in [0.15, 0.2) is 5.76 Å². The summed E-state index contributed by atoms with van der Waals surface area (Å²) in [7, 11) is 1.59. The third kappa shape index (κ3) is 3.73. The minimum absolute atomic E-state index is 0.0545. The summed E-state index contributed by atoms with van der Waals surface area (Å²) in [5.41, 5.74) is 3.43. The van der Waals surface area contributed by atoms with Crippen molar-refractivity contribution in [3.63, 3.8) is 0 Å². The first kappa shape index (κ1) is 22.2. The molecule has 1 aliphatic rings. The highest BCUT2D eigenvalue weighted by Gasteiger charge is 2.46. The van der Waals surface area contributed by atoms with Crippen LogP contribution in [-0.2, 0) is 14.3 Å². The molecule has 8 heteroatoms. The number of halogens is 1. The molecular formula is C24H24BrN3O4. The summed E-state index contributed by atoms with van der Waals surface area (Å²) in [6.45, 7) is 4.56. The Morgan fingerprint density at radius 1 is 1.19 bits per heavy atom. The molecule has 1 amide bonds. The lowest BCUT2D eigenvalue weighted by atomic mass is 9.96. The standard InChI is InChI=1S/C24H24BrN3O4/c1-14-6-4-11-27-15(2)19(26-23(14)27)21(29)18-20(16-7-9-17(25)10-8-16)28(12-5-13-32-3)24(31)22(18)30/h4,6-11,20,29H,5,12-13H2,1-3H3/b21-18+. The van der Waals surface area contributed by atoms with Crippen LogP contribution in [0.25, 0.3) is 11.4 Å². The van der Waals surface area contributed by atoms with E-state index >= 15 is 0 Å². The number of aryl methyl sites for hydroxylation is 2. The fourth-order valence-corrected chi connectivity index (χ4v) is 4.42. The number of benzene rings is 1. The van der Waals surface area contributed by atoms with Gasteiger partial charge in [-0.05, 0) is 49.6 Å². The van der Waals surface area contributed by atoms with Crippen molar-refractivity contribution in [3.05, 3.63) is 75.2 Å². The number of pyridine rings is 1. The molecule has 3 heterocycles. The molecule has 0 radical (unpaired) electrons. The second-order valence-electron chi connectivity index (χ2n) is 7.82. The van der Waals surface area contributed by atoms with Crippen LogP contribution in [0.15, 0.2) is 52.6 Å². The normalized spacial score (nSPS) is 18.1. The summed E-state index contributed by atoms with van der Waals surface area (Å²) in [6, 6.07) is 10.5. The van der Waals surface area contributed by atoms with Crippen molar-refractivity contribution >= 4 is 39.0 Å². The van der Waals surface area contributed by atoms with E-state index in [1.807, 2.05) is 60.8 Å². The van der Waals surface area contributed by atoms with Crippen molar-refractivity contribution < 1.29 is 19.4 Å². The van der Waals surface area contributed by atoms with E-state index in [-0.39, 0.29) is 11.3 Å². The van der Waals surface area contributed by atoms with Gasteiger partial charge in [-0.1, -0.05) is 34.1 Å². The van der Waals surface area contributed by atoms with Crippen LogP contribution in [0.4, 0.5) is 0 Å². The van der Waals surface area contributed by atoms with Crippen LogP contribution in [0.3, 0.4) is 0 Å². The van der Waals surface area contributed by atoms with Crippen molar-refractivity contribution in [2.45, 2.75) is 26.3 Å². The van der Waals surface area contributed by atoms with E-state index in [4.69, 9.17) is 4.74 Å². The number of ether oxygens (including phenoxy) is 1. The SMILES string of the molecule is COCCCN1C(=O)C(=O)/C(=C(/O)c2nc3c(C)cccn3c2C)C1c1ccc(Br)cc1. The third-order valence-electron chi connectivity index (χ3n) is 5.78. The number of hydrogen-bond donors (Lipinski definition) is 1. The summed E-state index contributed by atoms with van der Waals surface area (Å²) in [4.78, 5) is 32.2. The Morgan fingerprint density at radius 3 is 2.56 bits per heavy atom. The Balaban J connectivity index is 1.89. The summed E-state index contributed by atoms with van der Waals surface area (Å²) in [5.74, 6) is -1.60. The monoisotopic (exact) mass is 497 g/mol. The lowest BCUT2D eigenvalue weighted by Gasteiger charge is -2.25. The quantitative estimate of drug-likeness (QED) is 0.239. The van der Waals surface area contributed by atoms with Crippen LogP contribution in [0.5, 0.6) is 0 Å². The number of methoxy groups -OCH3 is 1. The lowest BCUT2D eigenvalue weighted by Crippen LogP contribution is -2.31. The number of Topliss-reactive ketones (excluding diaryl/α,β-unsaturated/α-hetero) is 1. The number of nitrogens with zero attached hydrogens (tertiary/aromatic N) is 3. The Labute approximate surface area is 194 Å². The Kier molecular flexibility index (Phi) is 6.17. The van der Waals surface area contributed by atoms with Crippen LogP contribution in [-0.4, -0.2) is 51.3 Å². The van der Waals surface area contributed by atoms with E-state index in [2.05, 4.69) is 20.9 Å². The van der Waals surface area contributed by atoms with E-state index in [9.17, 15) is 14.7 Å². The third-order valence-corrected chi connectivity index (χ3v) is 6.31. The van der Waals surface area contributed by atoms with Gasteiger partial charge in [-0.15, -0.1) is 0 Å². The van der Waals surface area contributed by atoms with Crippen molar-refractivity contribution in [1.29, 1.82) is 0 Å². The van der Waals surface area contributed by atoms with Gasteiger partial charge < -0.3 is 19.1 Å². The maximum Gasteiger partial charge on any atom is 0.295 e. The second kappa shape index (κ2) is 8.88. The number of amides is 1. The van der Waals surface area contributed by atoms with Crippen molar-refractivity contribution in [3.8, 4) is 0 Å². The molecule has 32 heavy (non-hydrogen) atoms. The number of imidazole rings is 1. The number of carbonyl (C=O) groups excluding carboxylic acids is 2. The number of fused-ring (bicyclic) bond motifs is 1. The van der Waals surface area contributed by atoms with E-state index in [1.54, 1.807) is 7.11 Å². The minimum atomic E-state index is -0.707. The highest BCUT2D eigenvalue weighted by atomic mass is 79.9. The summed E-state index contributed by atoms with van der Waals surface area (Å²) >= 11 is 3.42. The number of aliphatic hydroxyl groups is 1. The molecular weight excluding hydrogens is 474 g/mol. The van der Waals surface area contributed by atoms with Gasteiger partial charge in [0, 0.05) is 30.9 Å². The average molecular weight is 498 g/mol. The average Bonchev–Trinajstić information content (AvgIpc) is 3.25. The molecule has 1 aromatic carbocycles. The van der Waals surface area contributed by atoms with Gasteiger partial charge in [0.2, 0.25) is 0 Å². The molecule has 4 rings (SSSR count). The van der Waals surface area contributed by atoms with Gasteiger partial charge >= 0.3 is 0 Å². The van der Waals surface area contributed by atoms with Gasteiger partial charge in [-0.25, -0.2) is 4.98 Å². The predicted octanol–water partition coefficient (Wildman–Crippen LogP) is 4.17. The maximum atomic E-state index is 13.1. The van der Waals surface area contributed by atoms with Gasteiger partial charge in [-0.3, -0.25) is 9.59 Å². The second-order valence-corrected chi connectivity index (χ2v) is 8.74. The number of likely N-dealkylation sites (tertiary alicyclic amines) is 1. The highest BCUT2D eigenvalue weighted by molar-refractivity contribution is 9.10. The fourth-order valence-electron chi connectivity index (χ4n) is 4.16. The zero-order valence-corrected chi connectivity index (χ0v) is 19.7.